The van der Waals surface area contributed by atoms with Gasteiger partial charge in [-0.25, -0.2) is 0 Å². The van der Waals surface area contributed by atoms with Gasteiger partial charge in [0.25, 0.3) is 0 Å². The Kier molecular flexibility index (Phi) is 6.00. The number of likely N-dealkylation sites (N-methyl/N-ethyl adjacent to an activating group) is 1. The summed E-state index contributed by atoms with van der Waals surface area (Å²) in [5.41, 5.74) is -0.552. The summed E-state index contributed by atoms with van der Waals surface area (Å²) < 4.78 is 38.5. The molecule has 6 heteroatoms. The predicted octanol–water partition coefficient (Wildman–Crippen LogP) is 2.54. The first-order valence-corrected chi connectivity index (χ1v) is 6.59. The van der Waals surface area contributed by atoms with Crippen molar-refractivity contribution in [3.63, 3.8) is 0 Å². The fourth-order valence-corrected chi connectivity index (χ4v) is 1.96. The van der Waals surface area contributed by atoms with Crippen molar-refractivity contribution < 1.29 is 13.2 Å². The average molecular weight is 277 g/mol. The van der Waals surface area contributed by atoms with Crippen LogP contribution in [0.3, 0.4) is 0 Å². The van der Waals surface area contributed by atoms with Gasteiger partial charge >= 0.3 is 6.18 Å². The third kappa shape index (κ3) is 5.74. The normalized spacial score (nSPS) is 19.7. The molecule has 0 aromatic carbocycles. The van der Waals surface area contributed by atoms with Crippen LogP contribution in [0, 0.1) is 5.41 Å². The Morgan fingerprint density at radius 2 is 1.79 bits per heavy atom. The molecule has 1 fully saturated rings. The van der Waals surface area contributed by atoms with Crippen molar-refractivity contribution in [2.45, 2.75) is 25.9 Å². The summed E-state index contributed by atoms with van der Waals surface area (Å²) in [6.45, 7) is 5.52. The molecule has 1 aliphatic heterocycles. The molecule has 1 heterocycles. The van der Waals surface area contributed by atoms with Gasteiger partial charge in [0.15, 0.2) is 0 Å². The smallest absolute Gasteiger partial charge is 0.305 e. The second kappa shape index (κ2) is 7.05. The molecule has 110 valence electrons. The van der Waals surface area contributed by atoms with E-state index in [1.165, 1.54) is 0 Å². The summed E-state index contributed by atoms with van der Waals surface area (Å²) in [7, 11) is 2.01. The molecule has 0 bridgehead atoms. The van der Waals surface area contributed by atoms with E-state index in [0.717, 1.165) is 32.3 Å². The second-order valence-electron chi connectivity index (χ2n) is 4.94. The standard InChI is InChI=1S/C13H22F3N3/c1-3-12(17)10-11(13(14,15)16)4-5-19-8-6-18(2)7-9-19/h10,17H,3-9H2,1-2H3/b11-10+,17-12?. The molecule has 0 spiro atoms. The van der Waals surface area contributed by atoms with E-state index in [4.69, 9.17) is 5.41 Å². The molecule has 0 aromatic rings. The van der Waals surface area contributed by atoms with Crippen molar-refractivity contribution in [2.24, 2.45) is 0 Å². The molecule has 0 atom stereocenters. The molecular formula is C13H22F3N3. The van der Waals surface area contributed by atoms with Crippen LogP contribution in [0.15, 0.2) is 11.6 Å². The largest absolute Gasteiger partial charge is 0.412 e. The van der Waals surface area contributed by atoms with Crippen LogP contribution in [-0.4, -0.2) is 61.5 Å². The average Bonchev–Trinajstić information content (AvgIpc) is 2.34. The maximum Gasteiger partial charge on any atom is 0.412 e. The van der Waals surface area contributed by atoms with Crippen LogP contribution < -0.4 is 0 Å². The van der Waals surface area contributed by atoms with Crippen molar-refractivity contribution >= 4 is 5.71 Å². The van der Waals surface area contributed by atoms with Gasteiger partial charge in [-0.1, -0.05) is 6.92 Å². The molecule has 1 N–H and O–H groups in total. The van der Waals surface area contributed by atoms with Crippen LogP contribution in [0.25, 0.3) is 0 Å². The molecule has 1 rings (SSSR count). The SMILES string of the molecule is CCC(=N)/C=C(\CCN1CCN(C)CC1)C(F)(F)F. The van der Waals surface area contributed by atoms with Gasteiger partial charge in [-0.15, -0.1) is 0 Å². The summed E-state index contributed by atoms with van der Waals surface area (Å²) in [5.74, 6) is 0. The molecule has 1 aliphatic rings. The number of piperazine rings is 1. The monoisotopic (exact) mass is 277 g/mol. The lowest BCUT2D eigenvalue weighted by atomic mass is 10.1. The molecule has 0 saturated carbocycles. The highest BCUT2D eigenvalue weighted by atomic mass is 19.4. The van der Waals surface area contributed by atoms with Gasteiger partial charge in [-0.2, -0.15) is 13.2 Å². The third-order valence-electron chi connectivity index (χ3n) is 3.39. The van der Waals surface area contributed by atoms with Crippen LogP contribution in [-0.2, 0) is 0 Å². The molecule has 0 unspecified atom stereocenters. The summed E-state index contributed by atoms with van der Waals surface area (Å²) >= 11 is 0. The van der Waals surface area contributed by atoms with Gasteiger partial charge in [0.1, 0.15) is 0 Å². The molecular weight excluding hydrogens is 255 g/mol. The number of allylic oxidation sites excluding steroid dienone is 1. The Morgan fingerprint density at radius 1 is 1.21 bits per heavy atom. The van der Waals surface area contributed by atoms with E-state index in [9.17, 15) is 13.2 Å². The van der Waals surface area contributed by atoms with E-state index in [2.05, 4.69) is 9.80 Å². The molecule has 19 heavy (non-hydrogen) atoms. The number of rotatable bonds is 5. The Balaban J connectivity index is 2.54. The topological polar surface area (TPSA) is 30.3 Å². The Bertz CT molecular complexity index is 329. The zero-order chi connectivity index (χ0) is 14.5. The third-order valence-corrected chi connectivity index (χ3v) is 3.39. The van der Waals surface area contributed by atoms with Crippen LogP contribution in [0.2, 0.25) is 0 Å². The molecule has 0 radical (unpaired) electrons. The Labute approximate surface area is 112 Å². The maximum absolute atomic E-state index is 12.8. The van der Waals surface area contributed by atoms with Gasteiger partial charge in [-0.05, 0) is 26.0 Å². The summed E-state index contributed by atoms with van der Waals surface area (Å²) in [6, 6.07) is 0. The summed E-state index contributed by atoms with van der Waals surface area (Å²) in [4.78, 5) is 4.22. The highest BCUT2D eigenvalue weighted by molar-refractivity contribution is 5.92. The number of hydrogen-bond acceptors (Lipinski definition) is 3. The van der Waals surface area contributed by atoms with Crippen molar-refractivity contribution in [2.75, 3.05) is 39.8 Å². The summed E-state index contributed by atoms with van der Waals surface area (Å²) in [6.07, 6.45) is -3.05. The lowest BCUT2D eigenvalue weighted by Crippen LogP contribution is -2.44. The van der Waals surface area contributed by atoms with Crippen molar-refractivity contribution in [1.82, 2.24) is 9.80 Å². The van der Waals surface area contributed by atoms with E-state index in [0.29, 0.717) is 13.0 Å². The molecule has 0 aromatic heterocycles. The van der Waals surface area contributed by atoms with Crippen molar-refractivity contribution in [3.8, 4) is 0 Å². The second-order valence-corrected chi connectivity index (χ2v) is 4.94. The molecule has 0 aliphatic carbocycles. The lowest BCUT2D eigenvalue weighted by Gasteiger charge is -2.32. The maximum atomic E-state index is 12.8. The number of nitrogens with one attached hydrogen (secondary N) is 1. The number of nitrogens with zero attached hydrogens (tertiary/aromatic N) is 2. The number of hydrogen-bond donors (Lipinski definition) is 1. The minimum Gasteiger partial charge on any atom is -0.305 e. The Hall–Kier alpha value is -0.880. The first kappa shape index (κ1) is 16.2. The van der Waals surface area contributed by atoms with E-state index < -0.39 is 11.7 Å². The predicted molar refractivity (Wildman–Crippen MR) is 70.7 cm³/mol. The number of halogens is 3. The highest BCUT2D eigenvalue weighted by Gasteiger charge is 2.33. The fraction of sp³-hybridized carbons (Fsp3) is 0.769. The van der Waals surface area contributed by atoms with E-state index in [-0.39, 0.29) is 12.1 Å². The highest BCUT2D eigenvalue weighted by Crippen LogP contribution is 2.28. The van der Waals surface area contributed by atoms with Crippen molar-refractivity contribution in [3.05, 3.63) is 11.6 Å². The van der Waals surface area contributed by atoms with Gasteiger partial charge < -0.3 is 15.2 Å². The van der Waals surface area contributed by atoms with Crippen LogP contribution in [0.5, 0.6) is 0 Å². The van der Waals surface area contributed by atoms with Crippen LogP contribution in [0.1, 0.15) is 19.8 Å². The fourth-order valence-electron chi connectivity index (χ4n) is 1.96. The van der Waals surface area contributed by atoms with Gasteiger partial charge in [-0.3, -0.25) is 0 Å². The first-order chi connectivity index (χ1) is 8.82. The van der Waals surface area contributed by atoms with Crippen LogP contribution in [0.4, 0.5) is 13.2 Å². The molecule has 1 saturated heterocycles. The molecule has 3 nitrogen and oxygen atoms in total. The quantitative estimate of drug-likeness (QED) is 0.783. The van der Waals surface area contributed by atoms with Gasteiger partial charge in [0.2, 0.25) is 0 Å². The van der Waals surface area contributed by atoms with E-state index in [1.807, 2.05) is 7.05 Å². The summed E-state index contributed by atoms with van der Waals surface area (Å²) in [5, 5.41) is 7.40. The van der Waals surface area contributed by atoms with Crippen LogP contribution >= 0.6 is 0 Å². The zero-order valence-corrected chi connectivity index (χ0v) is 11.6. The van der Waals surface area contributed by atoms with E-state index >= 15 is 0 Å². The lowest BCUT2D eigenvalue weighted by molar-refractivity contribution is -0.0945. The minimum absolute atomic E-state index is 0.0321. The van der Waals surface area contributed by atoms with Gasteiger partial charge in [0, 0.05) is 44.0 Å². The Morgan fingerprint density at radius 3 is 2.26 bits per heavy atom. The zero-order valence-electron chi connectivity index (χ0n) is 11.6. The van der Waals surface area contributed by atoms with Gasteiger partial charge in [0.05, 0.1) is 0 Å². The van der Waals surface area contributed by atoms with E-state index in [1.54, 1.807) is 6.92 Å². The minimum atomic E-state index is -4.33. The first-order valence-electron chi connectivity index (χ1n) is 6.59. The molecule has 0 amide bonds. The van der Waals surface area contributed by atoms with Crippen molar-refractivity contribution in [1.29, 1.82) is 5.41 Å². The number of alkyl halides is 3.